The topological polar surface area (TPSA) is 125 Å². The van der Waals surface area contributed by atoms with E-state index in [1.807, 2.05) is 55.6 Å². The monoisotopic (exact) mass is 596 g/mol. The van der Waals surface area contributed by atoms with E-state index in [9.17, 15) is 9.59 Å². The van der Waals surface area contributed by atoms with E-state index in [1.54, 1.807) is 35.6 Å². The molecule has 0 saturated heterocycles. The van der Waals surface area contributed by atoms with Crippen molar-refractivity contribution in [2.75, 3.05) is 5.73 Å². The van der Waals surface area contributed by atoms with Gasteiger partial charge in [0.1, 0.15) is 5.56 Å². The number of para-hydroxylation sites is 1. The van der Waals surface area contributed by atoms with Crippen molar-refractivity contribution >= 4 is 51.0 Å². The fourth-order valence-corrected chi connectivity index (χ4v) is 5.49. The summed E-state index contributed by atoms with van der Waals surface area (Å²) in [7, 11) is 3.44. The number of aliphatic imine (C=N–C) groups is 1. The van der Waals surface area contributed by atoms with Crippen LogP contribution in [0.3, 0.4) is 0 Å². The Bertz CT molecular complexity index is 1910. The number of aromatic nitrogens is 5. The van der Waals surface area contributed by atoms with Crippen molar-refractivity contribution in [1.82, 2.24) is 29.4 Å². The predicted octanol–water partition coefficient (Wildman–Crippen LogP) is 4.03. The first kappa shape index (κ1) is 26.6. The predicted molar refractivity (Wildman–Crippen MR) is 159 cm³/mol. The molecule has 0 aliphatic heterocycles. The van der Waals surface area contributed by atoms with Crippen molar-refractivity contribution in [3.05, 3.63) is 98.1 Å². The Kier molecular flexibility index (Phi) is 7.11. The number of nitrogens with two attached hydrogens (primary N) is 1. The normalized spacial score (nSPS) is 11.6. The Morgan fingerprint density at radius 3 is 2.58 bits per heavy atom. The number of aryl methyl sites for hydroxylation is 2. The van der Waals surface area contributed by atoms with Gasteiger partial charge in [-0.15, -0.1) is 0 Å². The Morgan fingerprint density at radius 1 is 1.15 bits per heavy atom. The number of nitrogens with one attached hydrogen (secondary N) is 1. The van der Waals surface area contributed by atoms with E-state index in [0.29, 0.717) is 32.2 Å². The summed E-state index contributed by atoms with van der Waals surface area (Å²) in [4.78, 5) is 31.5. The van der Waals surface area contributed by atoms with Crippen LogP contribution in [0.5, 0.6) is 0 Å². The van der Waals surface area contributed by atoms with Gasteiger partial charge in [-0.2, -0.15) is 10.2 Å². The number of rotatable bonds is 5. The molecule has 3 N–H and O–H groups in total. The molecule has 3 aromatic heterocycles. The highest BCUT2D eigenvalue weighted by Crippen LogP contribution is 2.33. The van der Waals surface area contributed by atoms with Crippen molar-refractivity contribution < 1.29 is 4.79 Å². The highest BCUT2D eigenvalue weighted by Gasteiger charge is 2.26. The van der Waals surface area contributed by atoms with E-state index in [-0.39, 0.29) is 22.8 Å². The molecule has 0 fully saturated rings. The summed E-state index contributed by atoms with van der Waals surface area (Å²) < 4.78 is 5.29. The van der Waals surface area contributed by atoms with Gasteiger partial charge in [-0.1, -0.05) is 42.2 Å². The van der Waals surface area contributed by atoms with Gasteiger partial charge in [-0.05, 0) is 47.8 Å². The largest absolute Gasteiger partial charge is 0.381 e. The van der Waals surface area contributed by atoms with Crippen molar-refractivity contribution in [3.8, 4) is 17.5 Å². The van der Waals surface area contributed by atoms with Crippen LogP contribution < -0.4 is 16.6 Å². The molecule has 1 atom stereocenters. The van der Waals surface area contributed by atoms with E-state index >= 15 is 0 Å². The van der Waals surface area contributed by atoms with Crippen LogP contribution in [0, 0.1) is 11.8 Å². The second-order valence-corrected chi connectivity index (χ2v) is 9.91. The van der Waals surface area contributed by atoms with Crippen LogP contribution in [0.1, 0.15) is 40.1 Å². The summed E-state index contributed by atoms with van der Waals surface area (Å²) in [6, 6.07) is 14.1. The molecule has 5 aromatic rings. The molecule has 5 rings (SSSR count). The number of nitrogens with zero attached hydrogens (tertiary/aromatic N) is 6. The van der Waals surface area contributed by atoms with Crippen LogP contribution in [0.4, 0.5) is 11.6 Å². The van der Waals surface area contributed by atoms with Crippen molar-refractivity contribution in [2.24, 2.45) is 19.1 Å². The number of halogens is 1. The number of anilines is 1. The zero-order chi connectivity index (χ0) is 28.6. The van der Waals surface area contributed by atoms with Crippen molar-refractivity contribution in [1.29, 1.82) is 0 Å². The van der Waals surface area contributed by atoms with Gasteiger partial charge in [-0.25, -0.2) is 9.67 Å². The van der Waals surface area contributed by atoms with Gasteiger partial charge in [-0.3, -0.25) is 18.8 Å². The average molecular weight is 597 g/mol. The van der Waals surface area contributed by atoms with Gasteiger partial charge in [0.25, 0.3) is 11.5 Å². The summed E-state index contributed by atoms with van der Waals surface area (Å²) >= 11 is 3.75. The van der Waals surface area contributed by atoms with Crippen molar-refractivity contribution in [3.63, 3.8) is 0 Å². The summed E-state index contributed by atoms with van der Waals surface area (Å²) in [6.07, 6.45) is 3.47. The first-order valence-corrected chi connectivity index (χ1v) is 13.0. The zero-order valence-corrected chi connectivity index (χ0v) is 23.6. The van der Waals surface area contributed by atoms with E-state index in [4.69, 9.17) is 5.73 Å². The van der Waals surface area contributed by atoms with Crippen LogP contribution >= 0.6 is 15.9 Å². The number of carbonyl (C=O) groups is 1. The Hall–Kier alpha value is -4.95. The number of nitrogen functional groups attached to an aromatic ring is 1. The third-order valence-corrected chi connectivity index (χ3v) is 7.26. The lowest BCUT2D eigenvalue weighted by Crippen LogP contribution is -2.33. The summed E-state index contributed by atoms with van der Waals surface area (Å²) in [6.45, 7) is 5.32. The molecule has 3 heterocycles. The molecule has 0 aliphatic carbocycles. The lowest BCUT2D eigenvalue weighted by molar-refractivity contribution is 0.0940. The second-order valence-electron chi connectivity index (χ2n) is 9.12. The Morgan fingerprint density at radius 2 is 1.90 bits per heavy atom. The lowest BCUT2D eigenvalue weighted by Gasteiger charge is -2.23. The van der Waals surface area contributed by atoms with Gasteiger partial charge in [0.15, 0.2) is 11.6 Å². The highest BCUT2D eigenvalue weighted by atomic mass is 79.9. The van der Waals surface area contributed by atoms with Gasteiger partial charge in [0.05, 0.1) is 28.9 Å². The van der Waals surface area contributed by atoms with Gasteiger partial charge < -0.3 is 11.1 Å². The fourth-order valence-electron chi connectivity index (χ4n) is 4.64. The zero-order valence-electron chi connectivity index (χ0n) is 22.0. The van der Waals surface area contributed by atoms with Gasteiger partial charge in [0, 0.05) is 41.4 Å². The fraction of sp³-hybridized carbons (Fsp3) is 0.138. The number of benzene rings is 2. The second kappa shape index (κ2) is 10.7. The molecule has 0 bridgehead atoms. The number of fused-ring (bicyclic) bond motifs is 1. The molecule has 0 spiro atoms. The third-order valence-electron chi connectivity index (χ3n) is 6.42. The van der Waals surface area contributed by atoms with Crippen LogP contribution in [0.15, 0.2) is 75.2 Å². The molecule has 0 aliphatic rings. The van der Waals surface area contributed by atoms with Gasteiger partial charge in [0.2, 0.25) is 0 Å². The molecular formula is C29H25BrN8O2. The standard InChI is InChI=1S/C29H25BrN8O2/c1-17(34-28(39)23-26(31)35-37(4)27(23)32-2)25-24(30)21-12-8-9-19(14-13-18-15-33-36(3)16-18)22(21)29(40)38(25)20-10-6-5-7-11-20/h5-12,15-17H,2H2,1,3-4H3,(H2,31,35)(H,34,39). The molecule has 40 heavy (non-hydrogen) atoms. The molecule has 1 unspecified atom stereocenters. The maximum Gasteiger partial charge on any atom is 0.264 e. The van der Waals surface area contributed by atoms with Crippen LogP contribution in [-0.4, -0.2) is 36.8 Å². The third kappa shape index (κ3) is 4.69. The minimum absolute atomic E-state index is 0.0319. The summed E-state index contributed by atoms with van der Waals surface area (Å²) in [5.74, 6) is 6.02. The van der Waals surface area contributed by atoms with E-state index in [0.717, 1.165) is 5.56 Å². The van der Waals surface area contributed by atoms with Crippen LogP contribution in [0.2, 0.25) is 0 Å². The van der Waals surface area contributed by atoms with E-state index in [1.165, 1.54) is 4.68 Å². The van der Waals surface area contributed by atoms with E-state index in [2.05, 4.69) is 55.0 Å². The Balaban J connectivity index is 1.70. The maximum absolute atomic E-state index is 14.2. The minimum Gasteiger partial charge on any atom is -0.381 e. The summed E-state index contributed by atoms with van der Waals surface area (Å²) in [5.41, 5.74) is 8.34. The average Bonchev–Trinajstić information content (AvgIpc) is 3.49. The van der Waals surface area contributed by atoms with Gasteiger partial charge >= 0.3 is 0 Å². The molecule has 10 nitrogen and oxygen atoms in total. The first-order valence-electron chi connectivity index (χ1n) is 12.2. The summed E-state index contributed by atoms with van der Waals surface area (Å²) in [5, 5.41) is 12.3. The molecule has 11 heteroatoms. The van der Waals surface area contributed by atoms with Crippen LogP contribution in [-0.2, 0) is 14.1 Å². The number of pyridine rings is 1. The number of hydrogen-bond acceptors (Lipinski definition) is 6. The Labute approximate surface area is 238 Å². The lowest BCUT2D eigenvalue weighted by atomic mass is 10.0. The van der Waals surface area contributed by atoms with Crippen LogP contribution in [0.25, 0.3) is 16.5 Å². The smallest absolute Gasteiger partial charge is 0.264 e. The first-order chi connectivity index (χ1) is 19.2. The molecule has 2 aromatic carbocycles. The number of carbonyl (C=O) groups excluding carboxylic acids is 1. The molecular weight excluding hydrogens is 572 g/mol. The molecule has 0 saturated carbocycles. The SMILES string of the molecule is C=Nc1c(C(=O)NC(C)c2c(Br)c3cccc(C#Cc4cnn(C)c4)c3c(=O)n2-c2ccccc2)c(N)nn1C. The highest BCUT2D eigenvalue weighted by molar-refractivity contribution is 9.10. The molecule has 1 amide bonds. The number of hydrogen-bond donors (Lipinski definition) is 2. The van der Waals surface area contributed by atoms with Crippen molar-refractivity contribution in [2.45, 2.75) is 13.0 Å². The quantitative estimate of drug-likeness (QED) is 0.234. The van der Waals surface area contributed by atoms with E-state index < -0.39 is 11.9 Å². The molecule has 200 valence electrons. The minimum atomic E-state index is -0.637. The maximum atomic E-state index is 14.2. The molecule has 0 radical (unpaired) electrons. The number of amides is 1.